The standard InChI is InChI=1S/C8H14N4O/c1-2-6-5(3-4-9)7(13)12-8(10)11-6/h2-4,9H2,1H3,(H3,10,11,12,13). The van der Waals surface area contributed by atoms with Gasteiger partial charge < -0.3 is 11.5 Å². The molecule has 0 amide bonds. The Morgan fingerprint density at radius 1 is 1.54 bits per heavy atom. The van der Waals surface area contributed by atoms with Gasteiger partial charge in [0.15, 0.2) is 0 Å². The van der Waals surface area contributed by atoms with E-state index in [1.807, 2.05) is 6.92 Å². The number of nitrogens with one attached hydrogen (secondary N) is 1. The average molecular weight is 182 g/mol. The molecule has 0 saturated carbocycles. The lowest BCUT2D eigenvalue weighted by Gasteiger charge is -2.04. The van der Waals surface area contributed by atoms with Gasteiger partial charge in [0.1, 0.15) is 0 Å². The molecule has 0 fully saturated rings. The van der Waals surface area contributed by atoms with Crippen molar-refractivity contribution in [3.8, 4) is 0 Å². The Hall–Kier alpha value is -1.36. The highest BCUT2D eigenvalue weighted by Crippen LogP contribution is 2.02. The summed E-state index contributed by atoms with van der Waals surface area (Å²) in [5.41, 5.74) is 12.0. The smallest absolute Gasteiger partial charge is 0.255 e. The van der Waals surface area contributed by atoms with Gasteiger partial charge >= 0.3 is 0 Å². The number of aromatic amines is 1. The Bertz CT molecular complexity index is 344. The minimum absolute atomic E-state index is 0.169. The lowest BCUT2D eigenvalue weighted by molar-refractivity contribution is 0.872. The highest BCUT2D eigenvalue weighted by Gasteiger charge is 2.07. The first kappa shape index (κ1) is 9.73. The van der Waals surface area contributed by atoms with E-state index in [1.54, 1.807) is 0 Å². The maximum absolute atomic E-state index is 11.4. The van der Waals surface area contributed by atoms with Crippen LogP contribution >= 0.6 is 0 Å². The summed E-state index contributed by atoms with van der Waals surface area (Å²) in [6, 6.07) is 0. The molecule has 1 heterocycles. The van der Waals surface area contributed by atoms with Crippen molar-refractivity contribution in [1.82, 2.24) is 9.97 Å². The molecule has 1 aromatic heterocycles. The number of rotatable bonds is 3. The van der Waals surface area contributed by atoms with Gasteiger partial charge in [0.25, 0.3) is 5.56 Å². The van der Waals surface area contributed by atoms with Gasteiger partial charge in [-0.25, -0.2) is 4.98 Å². The van der Waals surface area contributed by atoms with Gasteiger partial charge in [-0.15, -0.1) is 0 Å². The molecule has 13 heavy (non-hydrogen) atoms. The van der Waals surface area contributed by atoms with E-state index in [1.165, 1.54) is 0 Å². The van der Waals surface area contributed by atoms with Gasteiger partial charge in [-0.3, -0.25) is 9.78 Å². The number of nitrogen functional groups attached to an aromatic ring is 1. The fourth-order valence-electron chi connectivity index (χ4n) is 1.26. The van der Waals surface area contributed by atoms with E-state index in [0.29, 0.717) is 24.9 Å². The van der Waals surface area contributed by atoms with Gasteiger partial charge in [0.05, 0.1) is 5.69 Å². The van der Waals surface area contributed by atoms with Gasteiger partial charge in [0.2, 0.25) is 5.95 Å². The fourth-order valence-corrected chi connectivity index (χ4v) is 1.26. The van der Waals surface area contributed by atoms with E-state index >= 15 is 0 Å². The van der Waals surface area contributed by atoms with Crippen molar-refractivity contribution < 1.29 is 0 Å². The Labute approximate surface area is 76.2 Å². The monoisotopic (exact) mass is 182 g/mol. The molecule has 0 bridgehead atoms. The summed E-state index contributed by atoms with van der Waals surface area (Å²) in [6.45, 7) is 2.38. The molecule has 0 atom stereocenters. The van der Waals surface area contributed by atoms with Crippen molar-refractivity contribution in [2.24, 2.45) is 5.73 Å². The number of nitrogens with zero attached hydrogens (tertiary/aromatic N) is 1. The minimum Gasteiger partial charge on any atom is -0.369 e. The Balaban J connectivity index is 3.22. The van der Waals surface area contributed by atoms with Crippen LogP contribution in [0.4, 0.5) is 5.95 Å². The lowest BCUT2D eigenvalue weighted by Crippen LogP contribution is -2.22. The van der Waals surface area contributed by atoms with Crippen LogP contribution in [0.25, 0.3) is 0 Å². The van der Waals surface area contributed by atoms with E-state index in [9.17, 15) is 4.79 Å². The van der Waals surface area contributed by atoms with Crippen LogP contribution < -0.4 is 17.0 Å². The second-order valence-electron chi connectivity index (χ2n) is 2.77. The zero-order valence-electron chi connectivity index (χ0n) is 7.63. The van der Waals surface area contributed by atoms with Crippen LogP contribution in [-0.2, 0) is 12.8 Å². The molecule has 0 saturated heterocycles. The Morgan fingerprint density at radius 3 is 2.77 bits per heavy atom. The maximum Gasteiger partial charge on any atom is 0.255 e. The van der Waals surface area contributed by atoms with Crippen molar-refractivity contribution in [2.45, 2.75) is 19.8 Å². The third-order valence-corrected chi connectivity index (χ3v) is 1.85. The van der Waals surface area contributed by atoms with Crippen molar-refractivity contribution >= 4 is 5.95 Å². The molecule has 72 valence electrons. The average Bonchev–Trinajstić information content (AvgIpc) is 2.09. The second kappa shape index (κ2) is 4.04. The number of hydrogen-bond donors (Lipinski definition) is 3. The molecule has 5 N–H and O–H groups in total. The van der Waals surface area contributed by atoms with E-state index in [-0.39, 0.29) is 11.5 Å². The highest BCUT2D eigenvalue weighted by molar-refractivity contribution is 5.25. The summed E-state index contributed by atoms with van der Waals surface area (Å²) in [5, 5.41) is 0. The summed E-state index contributed by atoms with van der Waals surface area (Å²) in [6.07, 6.45) is 1.25. The third kappa shape index (κ3) is 2.06. The molecular formula is C8H14N4O. The number of nitrogens with two attached hydrogens (primary N) is 2. The van der Waals surface area contributed by atoms with Gasteiger partial charge in [-0.1, -0.05) is 6.92 Å². The zero-order chi connectivity index (χ0) is 9.84. The van der Waals surface area contributed by atoms with Gasteiger partial charge in [0, 0.05) is 5.56 Å². The first-order chi connectivity index (χ1) is 6.19. The van der Waals surface area contributed by atoms with Gasteiger partial charge in [-0.05, 0) is 19.4 Å². The maximum atomic E-state index is 11.4. The van der Waals surface area contributed by atoms with Crippen LogP contribution in [-0.4, -0.2) is 16.5 Å². The lowest BCUT2D eigenvalue weighted by atomic mass is 10.1. The first-order valence-corrected chi connectivity index (χ1v) is 4.26. The van der Waals surface area contributed by atoms with Gasteiger partial charge in [-0.2, -0.15) is 0 Å². The summed E-state index contributed by atoms with van der Waals surface area (Å²) < 4.78 is 0. The zero-order valence-corrected chi connectivity index (χ0v) is 7.63. The predicted octanol–water partition coefficient (Wildman–Crippen LogP) is -0.584. The van der Waals surface area contributed by atoms with E-state index in [2.05, 4.69) is 9.97 Å². The molecule has 0 aliphatic rings. The number of anilines is 1. The minimum atomic E-state index is -0.171. The molecule has 0 unspecified atom stereocenters. The van der Waals surface area contributed by atoms with Crippen molar-refractivity contribution in [1.29, 1.82) is 0 Å². The predicted molar refractivity (Wildman–Crippen MR) is 51.4 cm³/mol. The second-order valence-corrected chi connectivity index (χ2v) is 2.77. The number of hydrogen-bond acceptors (Lipinski definition) is 4. The van der Waals surface area contributed by atoms with Crippen molar-refractivity contribution in [3.05, 3.63) is 21.6 Å². The van der Waals surface area contributed by atoms with Crippen LogP contribution in [0, 0.1) is 0 Å². The highest BCUT2D eigenvalue weighted by atomic mass is 16.1. The molecule has 0 aliphatic heterocycles. The normalized spacial score (nSPS) is 10.3. The molecule has 0 spiro atoms. The summed E-state index contributed by atoms with van der Waals surface area (Å²) in [4.78, 5) is 17.9. The fraction of sp³-hybridized carbons (Fsp3) is 0.500. The topological polar surface area (TPSA) is 97.8 Å². The van der Waals surface area contributed by atoms with E-state index < -0.39 is 0 Å². The molecule has 1 rings (SSSR count). The largest absolute Gasteiger partial charge is 0.369 e. The SMILES string of the molecule is CCc1nc(N)[nH]c(=O)c1CCN. The van der Waals surface area contributed by atoms with Crippen LogP contribution in [0.1, 0.15) is 18.2 Å². The first-order valence-electron chi connectivity index (χ1n) is 4.26. The summed E-state index contributed by atoms with van der Waals surface area (Å²) >= 11 is 0. The quantitative estimate of drug-likeness (QED) is 0.582. The molecule has 0 aliphatic carbocycles. The Morgan fingerprint density at radius 2 is 2.23 bits per heavy atom. The third-order valence-electron chi connectivity index (χ3n) is 1.85. The number of aromatic nitrogens is 2. The Kier molecular flexibility index (Phi) is 3.02. The number of H-pyrrole nitrogens is 1. The van der Waals surface area contributed by atoms with E-state index in [4.69, 9.17) is 11.5 Å². The molecular weight excluding hydrogens is 168 g/mol. The molecule has 5 heteroatoms. The molecule has 0 aromatic carbocycles. The van der Waals surface area contributed by atoms with Crippen LogP contribution in [0.2, 0.25) is 0 Å². The van der Waals surface area contributed by atoms with Crippen LogP contribution in [0.3, 0.4) is 0 Å². The molecule has 0 radical (unpaired) electrons. The molecule has 1 aromatic rings. The van der Waals surface area contributed by atoms with Crippen LogP contribution in [0.15, 0.2) is 4.79 Å². The van der Waals surface area contributed by atoms with E-state index in [0.717, 1.165) is 5.69 Å². The molecule has 5 nitrogen and oxygen atoms in total. The van der Waals surface area contributed by atoms with Crippen molar-refractivity contribution in [3.63, 3.8) is 0 Å². The number of aryl methyl sites for hydroxylation is 1. The van der Waals surface area contributed by atoms with Crippen molar-refractivity contribution in [2.75, 3.05) is 12.3 Å². The summed E-state index contributed by atoms with van der Waals surface area (Å²) in [7, 11) is 0. The van der Waals surface area contributed by atoms with Crippen LogP contribution in [0.5, 0.6) is 0 Å². The summed E-state index contributed by atoms with van der Waals surface area (Å²) in [5.74, 6) is 0.169.